The lowest BCUT2D eigenvalue weighted by atomic mass is 10.0. The van der Waals surface area contributed by atoms with Gasteiger partial charge in [0.25, 0.3) is 0 Å². The molecule has 0 atom stereocenters. The van der Waals surface area contributed by atoms with Crippen molar-refractivity contribution in [1.29, 1.82) is 0 Å². The van der Waals surface area contributed by atoms with Gasteiger partial charge in [-0.2, -0.15) is 0 Å². The molecule has 1 heterocycles. The first-order valence-corrected chi connectivity index (χ1v) is 11.4. The Morgan fingerprint density at radius 1 is 0.793 bits per heavy atom. The molecule has 0 spiro atoms. The largest absolute Gasteiger partial charge is 0.325 e. The van der Waals surface area contributed by atoms with Gasteiger partial charge in [-0.05, 0) is 28.6 Å². The van der Waals surface area contributed by atoms with Crippen molar-refractivity contribution in [1.82, 2.24) is 0 Å². The van der Waals surface area contributed by atoms with Gasteiger partial charge >= 0.3 is 0 Å². The molecule has 4 heteroatoms. The van der Waals surface area contributed by atoms with Crippen molar-refractivity contribution in [3.05, 3.63) is 114 Å². The van der Waals surface area contributed by atoms with Crippen LogP contribution < -0.4 is 5.32 Å². The molecular weight excluding hydrogens is 394 g/mol. The fourth-order valence-corrected chi connectivity index (χ4v) is 5.08. The lowest BCUT2D eigenvalue weighted by Gasteiger charge is -2.18. The molecule has 0 aliphatic rings. The van der Waals surface area contributed by atoms with Gasteiger partial charge in [0.05, 0.1) is 11.0 Å². The molecule has 0 aliphatic heterocycles. The maximum Gasteiger partial charge on any atom is 0.234 e. The molecule has 0 aliphatic carbocycles. The van der Waals surface area contributed by atoms with E-state index in [1.807, 2.05) is 72.1 Å². The second-order valence-corrected chi connectivity index (χ2v) is 8.62. The third kappa shape index (κ3) is 4.97. The van der Waals surface area contributed by atoms with Gasteiger partial charge in [0, 0.05) is 16.1 Å². The smallest absolute Gasteiger partial charge is 0.234 e. The van der Waals surface area contributed by atoms with Gasteiger partial charge in [-0.15, -0.1) is 23.1 Å². The molecule has 0 unspecified atom stereocenters. The molecule has 0 saturated heterocycles. The van der Waals surface area contributed by atoms with Gasteiger partial charge in [-0.25, -0.2) is 0 Å². The fraction of sp³-hybridized carbons (Fsp3) is 0.0800. The SMILES string of the molecule is O=C(CSC(c1ccccc1)c1ccccc1)Nc1ccccc1-c1cccs1. The maximum atomic E-state index is 12.8. The summed E-state index contributed by atoms with van der Waals surface area (Å²) in [6.07, 6.45) is 0. The summed E-state index contributed by atoms with van der Waals surface area (Å²) in [6.45, 7) is 0. The molecule has 0 radical (unpaired) electrons. The summed E-state index contributed by atoms with van der Waals surface area (Å²) in [5.41, 5.74) is 4.33. The molecule has 4 rings (SSSR count). The summed E-state index contributed by atoms with van der Waals surface area (Å²) in [5, 5.41) is 5.27. The van der Waals surface area contributed by atoms with Crippen molar-refractivity contribution in [3.63, 3.8) is 0 Å². The number of para-hydroxylation sites is 1. The first-order valence-electron chi connectivity index (χ1n) is 9.45. The van der Waals surface area contributed by atoms with E-state index >= 15 is 0 Å². The summed E-state index contributed by atoms with van der Waals surface area (Å²) >= 11 is 3.32. The average Bonchev–Trinajstić information content (AvgIpc) is 3.31. The van der Waals surface area contributed by atoms with E-state index in [4.69, 9.17) is 0 Å². The molecule has 2 nitrogen and oxygen atoms in total. The van der Waals surface area contributed by atoms with Crippen molar-refractivity contribution in [3.8, 4) is 10.4 Å². The number of rotatable bonds is 7. The number of thiophene rings is 1. The first kappa shape index (κ1) is 19.5. The van der Waals surface area contributed by atoms with Gasteiger partial charge in [0.1, 0.15) is 0 Å². The quantitative estimate of drug-likeness (QED) is 0.356. The topological polar surface area (TPSA) is 29.1 Å². The Labute approximate surface area is 179 Å². The van der Waals surface area contributed by atoms with Gasteiger partial charge in [-0.3, -0.25) is 4.79 Å². The lowest BCUT2D eigenvalue weighted by Crippen LogP contribution is -2.15. The van der Waals surface area contributed by atoms with Crippen LogP contribution in [0.3, 0.4) is 0 Å². The number of hydrogen-bond donors (Lipinski definition) is 1. The highest BCUT2D eigenvalue weighted by Gasteiger charge is 2.17. The highest BCUT2D eigenvalue weighted by molar-refractivity contribution is 8.00. The first-order chi connectivity index (χ1) is 14.3. The van der Waals surface area contributed by atoms with Crippen molar-refractivity contribution in [2.75, 3.05) is 11.1 Å². The number of nitrogens with one attached hydrogen (secondary N) is 1. The Morgan fingerprint density at radius 2 is 1.41 bits per heavy atom. The zero-order valence-electron chi connectivity index (χ0n) is 15.8. The standard InChI is InChI=1S/C25H21NOS2/c27-24(26-22-15-8-7-14-21(22)23-16-9-17-28-23)18-29-25(19-10-3-1-4-11-19)20-12-5-2-6-13-20/h1-17,25H,18H2,(H,26,27). The molecule has 1 aromatic heterocycles. The predicted octanol–water partition coefficient (Wildman–Crippen LogP) is 6.88. The van der Waals surface area contributed by atoms with Crippen LogP contribution in [0.2, 0.25) is 0 Å². The monoisotopic (exact) mass is 415 g/mol. The molecule has 29 heavy (non-hydrogen) atoms. The average molecular weight is 416 g/mol. The van der Waals surface area contributed by atoms with Crippen molar-refractivity contribution >= 4 is 34.7 Å². The number of amides is 1. The van der Waals surface area contributed by atoms with Gasteiger partial charge in [-0.1, -0.05) is 84.9 Å². The molecule has 4 aromatic rings. The van der Waals surface area contributed by atoms with E-state index < -0.39 is 0 Å². The van der Waals surface area contributed by atoms with Crippen LogP contribution in [0.15, 0.2) is 102 Å². The van der Waals surface area contributed by atoms with Crippen LogP contribution in [-0.4, -0.2) is 11.7 Å². The highest BCUT2D eigenvalue weighted by atomic mass is 32.2. The van der Waals surface area contributed by atoms with Gasteiger partial charge < -0.3 is 5.32 Å². The van der Waals surface area contributed by atoms with Crippen LogP contribution in [0.25, 0.3) is 10.4 Å². The molecular formula is C25H21NOS2. The van der Waals surface area contributed by atoms with Gasteiger partial charge in [0.2, 0.25) is 5.91 Å². The minimum atomic E-state index is 0.0101. The Balaban J connectivity index is 1.48. The number of benzene rings is 3. The summed E-state index contributed by atoms with van der Waals surface area (Å²) in [4.78, 5) is 13.9. The lowest BCUT2D eigenvalue weighted by molar-refractivity contribution is -0.113. The van der Waals surface area contributed by atoms with E-state index in [1.165, 1.54) is 11.1 Å². The minimum absolute atomic E-state index is 0.0101. The molecule has 1 amide bonds. The van der Waals surface area contributed by atoms with Crippen LogP contribution in [0.1, 0.15) is 16.4 Å². The third-order valence-corrected chi connectivity index (χ3v) is 6.78. The minimum Gasteiger partial charge on any atom is -0.325 e. The normalized spacial score (nSPS) is 10.8. The predicted molar refractivity (Wildman–Crippen MR) is 126 cm³/mol. The fourth-order valence-electron chi connectivity index (χ4n) is 3.22. The molecule has 0 bridgehead atoms. The highest BCUT2D eigenvalue weighted by Crippen LogP contribution is 2.36. The summed E-state index contributed by atoms with van der Waals surface area (Å²) in [6, 6.07) is 32.8. The Bertz CT molecular complexity index is 1010. The van der Waals surface area contributed by atoms with E-state index in [0.29, 0.717) is 5.75 Å². The molecule has 3 aromatic carbocycles. The molecule has 0 saturated carbocycles. The number of thioether (sulfide) groups is 1. The number of carbonyl (C=O) groups is 1. The summed E-state index contributed by atoms with van der Waals surface area (Å²) in [5.74, 6) is 0.392. The molecule has 144 valence electrons. The third-order valence-electron chi connectivity index (χ3n) is 4.57. The number of carbonyl (C=O) groups excluding carboxylic acids is 1. The van der Waals surface area contributed by atoms with Crippen LogP contribution in [0.4, 0.5) is 5.69 Å². The van der Waals surface area contributed by atoms with Gasteiger partial charge in [0.15, 0.2) is 0 Å². The maximum absolute atomic E-state index is 12.8. The second kappa shape index (κ2) is 9.59. The van der Waals surface area contributed by atoms with Crippen LogP contribution in [0.5, 0.6) is 0 Å². The van der Waals surface area contributed by atoms with E-state index in [1.54, 1.807) is 23.1 Å². The zero-order valence-corrected chi connectivity index (χ0v) is 17.5. The number of hydrogen-bond acceptors (Lipinski definition) is 3. The van der Waals surface area contributed by atoms with Crippen LogP contribution in [0, 0.1) is 0 Å². The van der Waals surface area contributed by atoms with Crippen molar-refractivity contribution in [2.45, 2.75) is 5.25 Å². The van der Waals surface area contributed by atoms with E-state index in [-0.39, 0.29) is 11.2 Å². The summed E-state index contributed by atoms with van der Waals surface area (Å²) in [7, 11) is 0. The number of anilines is 1. The van der Waals surface area contributed by atoms with E-state index in [0.717, 1.165) is 16.1 Å². The van der Waals surface area contributed by atoms with Crippen LogP contribution >= 0.6 is 23.1 Å². The van der Waals surface area contributed by atoms with Crippen molar-refractivity contribution in [2.24, 2.45) is 0 Å². The van der Waals surface area contributed by atoms with E-state index in [2.05, 4.69) is 35.6 Å². The van der Waals surface area contributed by atoms with Crippen molar-refractivity contribution < 1.29 is 4.79 Å². The molecule has 1 N–H and O–H groups in total. The van der Waals surface area contributed by atoms with Crippen LogP contribution in [-0.2, 0) is 4.79 Å². The Hall–Kier alpha value is -2.82. The molecule has 0 fully saturated rings. The second-order valence-electron chi connectivity index (χ2n) is 6.58. The zero-order chi connectivity index (χ0) is 19.9. The Kier molecular flexibility index (Phi) is 6.45. The Morgan fingerprint density at radius 3 is 2.03 bits per heavy atom. The summed E-state index contributed by atoms with van der Waals surface area (Å²) < 4.78 is 0. The van der Waals surface area contributed by atoms with E-state index in [9.17, 15) is 4.79 Å².